The maximum Gasteiger partial charge on any atom is 0.113 e. The van der Waals surface area contributed by atoms with Gasteiger partial charge in [0.1, 0.15) is 5.84 Å². The average Bonchev–Trinajstić information content (AvgIpc) is 2.27. The topological polar surface area (TPSA) is 59.6 Å². The number of unbranched alkanes of at least 4 members (excludes halogenated alkanes) is 1. The molecule has 4 nitrogen and oxygen atoms in total. The van der Waals surface area contributed by atoms with Crippen LogP contribution in [0.15, 0.2) is 4.99 Å². The molecule has 0 aromatic carbocycles. The zero-order valence-electron chi connectivity index (χ0n) is 10.3. The van der Waals surface area contributed by atoms with E-state index in [4.69, 9.17) is 10.6 Å². The van der Waals surface area contributed by atoms with Gasteiger partial charge < -0.3 is 10.2 Å². The first-order valence-electron chi connectivity index (χ1n) is 5.79. The summed E-state index contributed by atoms with van der Waals surface area (Å²) in [5, 5.41) is 0. The number of methoxy groups -OCH3 is 1. The number of nitrogens with zero attached hydrogens (tertiary/aromatic N) is 1. The molecule has 0 amide bonds. The molecule has 4 heteroatoms. The molecule has 0 aromatic heterocycles. The number of hydrazine groups is 1. The minimum atomic E-state index is 0.465. The van der Waals surface area contributed by atoms with Crippen molar-refractivity contribution >= 4 is 5.84 Å². The number of hydrogen-bond donors (Lipinski definition) is 2. The van der Waals surface area contributed by atoms with Crippen LogP contribution < -0.4 is 11.3 Å². The first-order chi connectivity index (χ1) is 7.29. The molecule has 0 aliphatic rings. The lowest BCUT2D eigenvalue weighted by molar-refractivity contribution is 0.207. The Morgan fingerprint density at radius 1 is 1.47 bits per heavy atom. The summed E-state index contributed by atoms with van der Waals surface area (Å²) in [7, 11) is 1.68. The molecule has 0 rings (SSSR count). The van der Waals surface area contributed by atoms with E-state index in [1.54, 1.807) is 7.11 Å². The highest BCUT2D eigenvalue weighted by atomic mass is 16.5. The van der Waals surface area contributed by atoms with Gasteiger partial charge in [-0.3, -0.25) is 4.99 Å². The van der Waals surface area contributed by atoms with Gasteiger partial charge in [-0.2, -0.15) is 0 Å². The molecule has 0 saturated heterocycles. The highest BCUT2D eigenvalue weighted by molar-refractivity contribution is 5.83. The Hall–Kier alpha value is -0.610. The van der Waals surface area contributed by atoms with Gasteiger partial charge in [-0.1, -0.05) is 26.7 Å². The zero-order chi connectivity index (χ0) is 11.5. The minimum Gasteiger partial charge on any atom is -0.383 e. The van der Waals surface area contributed by atoms with Crippen molar-refractivity contribution in [3.63, 3.8) is 0 Å². The molecule has 0 radical (unpaired) electrons. The average molecular weight is 215 g/mol. The summed E-state index contributed by atoms with van der Waals surface area (Å²) in [6.45, 7) is 5.70. The fourth-order valence-electron chi connectivity index (χ4n) is 1.53. The predicted molar refractivity (Wildman–Crippen MR) is 64.8 cm³/mol. The first-order valence-corrected chi connectivity index (χ1v) is 5.79. The summed E-state index contributed by atoms with van der Waals surface area (Å²) in [6, 6.07) is 0. The highest BCUT2D eigenvalue weighted by Gasteiger charge is 2.11. The maximum absolute atomic E-state index is 5.48. The monoisotopic (exact) mass is 215 g/mol. The van der Waals surface area contributed by atoms with Crippen molar-refractivity contribution in [2.24, 2.45) is 16.8 Å². The molecular weight excluding hydrogens is 190 g/mol. The molecule has 0 aliphatic heterocycles. The van der Waals surface area contributed by atoms with Gasteiger partial charge in [0.05, 0.1) is 13.2 Å². The Bertz CT molecular complexity index is 171. The lowest BCUT2D eigenvalue weighted by Crippen LogP contribution is -2.36. The summed E-state index contributed by atoms with van der Waals surface area (Å²) in [4.78, 5) is 4.41. The van der Waals surface area contributed by atoms with Crippen LogP contribution in [0.3, 0.4) is 0 Å². The molecule has 0 bridgehead atoms. The summed E-state index contributed by atoms with van der Waals surface area (Å²) in [6.07, 6.45) is 4.68. The van der Waals surface area contributed by atoms with E-state index in [0.29, 0.717) is 19.1 Å². The first kappa shape index (κ1) is 14.4. The molecule has 0 heterocycles. The third-order valence-corrected chi connectivity index (χ3v) is 2.51. The van der Waals surface area contributed by atoms with Crippen LogP contribution in [0.5, 0.6) is 0 Å². The van der Waals surface area contributed by atoms with E-state index in [0.717, 1.165) is 18.7 Å². The normalized spacial score (nSPS) is 14.0. The number of hydrogen-bond acceptors (Lipinski definition) is 3. The van der Waals surface area contributed by atoms with Crippen LogP contribution in [0.2, 0.25) is 0 Å². The van der Waals surface area contributed by atoms with Gasteiger partial charge in [0.15, 0.2) is 0 Å². The van der Waals surface area contributed by atoms with E-state index in [1.807, 2.05) is 0 Å². The Morgan fingerprint density at radius 2 is 2.20 bits per heavy atom. The van der Waals surface area contributed by atoms with E-state index in [-0.39, 0.29) is 0 Å². The van der Waals surface area contributed by atoms with Crippen molar-refractivity contribution in [2.75, 3.05) is 20.3 Å². The van der Waals surface area contributed by atoms with Crippen LogP contribution in [0, 0.1) is 5.92 Å². The number of aliphatic imine (C=N–C) groups is 1. The second-order valence-electron chi connectivity index (χ2n) is 3.65. The number of nitrogens with two attached hydrogens (primary N) is 1. The Balaban J connectivity index is 4.12. The highest BCUT2D eigenvalue weighted by Crippen LogP contribution is 2.13. The van der Waals surface area contributed by atoms with Crippen molar-refractivity contribution in [1.82, 2.24) is 5.43 Å². The number of ether oxygens (including phenoxy) is 1. The van der Waals surface area contributed by atoms with Crippen molar-refractivity contribution in [1.29, 1.82) is 0 Å². The minimum absolute atomic E-state index is 0.465. The van der Waals surface area contributed by atoms with E-state index in [9.17, 15) is 0 Å². The van der Waals surface area contributed by atoms with E-state index in [1.165, 1.54) is 12.8 Å². The zero-order valence-corrected chi connectivity index (χ0v) is 10.3. The van der Waals surface area contributed by atoms with Gasteiger partial charge >= 0.3 is 0 Å². The van der Waals surface area contributed by atoms with Crippen LogP contribution in [0.25, 0.3) is 0 Å². The SMILES string of the molecule is CCCCC(CC)C(=NCCOC)NN. The fraction of sp³-hybridized carbons (Fsp3) is 0.909. The van der Waals surface area contributed by atoms with Crippen LogP contribution in [0.4, 0.5) is 0 Å². The second kappa shape index (κ2) is 9.93. The smallest absolute Gasteiger partial charge is 0.113 e. The molecule has 90 valence electrons. The van der Waals surface area contributed by atoms with E-state index in [2.05, 4.69) is 24.3 Å². The van der Waals surface area contributed by atoms with Crippen LogP contribution in [-0.2, 0) is 4.74 Å². The molecule has 0 aliphatic carbocycles. The molecule has 1 unspecified atom stereocenters. The standard InChI is InChI=1S/C11H25N3O/c1-4-6-7-10(5-2)11(14-12)13-8-9-15-3/h10H,4-9,12H2,1-3H3,(H,13,14). The predicted octanol–water partition coefficient (Wildman–Crippen LogP) is 1.71. The molecule has 3 N–H and O–H groups in total. The number of nitrogens with one attached hydrogen (secondary N) is 1. The summed E-state index contributed by atoms with van der Waals surface area (Å²) in [5.74, 6) is 6.87. The lowest BCUT2D eigenvalue weighted by Gasteiger charge is -2.16. The van der Waals surface area contributed by atoms with Gasteiger partial charge in [0.2, 0.25) is 0 Å². The van der Waals surface area contributed by atoms with Gasteiger partial charge in [0, 0.05) is 13.0 Å². The summed E-state index contributed by atoms with van der Waals surface area (Å²) < 4.78 is 4.96. The van der Waals surface area contributed by atoms with Gasteiger partial charge in [0.25, 0.3) is 0 Å². The summed E-state index contributed by atoms with van der Waals surface area (Å²) in [5.41, 5.74) is 2.72. The molecule has 0 aromatic rings. The van der Waals surface area contributed by atoms with Crippen LogP contribution >= 0.6 is 0 Å². The van der Waals surface area contributed by atoms with Crippen molar-refractivity contribution in [2.45, 2.75) is 39.5 Å². The Kier molecular flexibility index (Phi) is 9.52. The van der Waals surface area contributed by atoms with Gasteiger partial charge in [-0.25, -0.2) is 5.84 Å². The number of amidine groups is 1. The third kappa shape index (κ3) is 6.47. The molecule has 0 saturated carbocycles. The van der Waals surface area contributed by atoms with Gasteiger partial charge in [-0.05, 0) is 12.8 Å². The molecule has 0 spiro atoms. The molecular formula is C11H25N3O. The van der Waals surface area contributed by atoms with Crippen molar-refractivity contribution < 1.29 is 4.74 Å². The molecule has 1 atom stereocenters. The Labute approximate surface area is 93.3 Å². The van der Waals surface area contributed by atoms with Crippen LogP contribution in [-0.4, -0.2) is 26.1 Å². The van der Waals surface area contributed by atoms with Crippen LogP contribution in [0.1, 0.15) is 39.5 Å². The van der Waals surface area contributed by atoms with Crippen molar-refractivity contribution in [3.05, 3.63) is 0 Å². The number of rotatable bonds is 8. The molecule has 0 fully saturated rings. The summed E-state index contributed by atoms with van der Waals surface area (Å²) >= 11 is 0. The van der Waals surface area contributed by atoms with E-state index < -0.39 is 0 Å². The van der Waals surface area contributed by atoms with Crippen molar-refractivity contribution in [3.8, 4) is 0 Å². The third-order valence-electron chi connectivity index (χ3n) is 2.51. The quantitative estimate of drug-likeness (QED) is 0.213. The second-order valence-corrected chi connectivity index (χ2v) is 3.65. The Morgan fingerprint density at radius 3 is 2.67 bits per heavy atom. The van der Waals surface area contributed by atoms with Gasteiger partial charge in [-0.15, -0.1) is 0 Å². The molecule has 15 heavy (non-hydrogen) atoms. The fourth-order valence-corrected chi connectivity index (χ4v) is 1.53. The maximum atomic E-state index is 5.48. The lowest BCUT2D eigenvalue weighted by atomic mass is 9.98. The largest absolute Gasteiger partial charge is 0.383 e. The van der Waals surface area contributed by atoms with E-state index >= 15 is 0 Å².